The molecule has 42 heavy (non-hydrogen) atoms. The van der Waals surface area contributed by atoms with E-state index in [9.17, 15) is 14.7 Å². The van der Waals surface area contributed by atoms with E-state index in [-0.39, 0.29) is 40.9 Å². The monoisotopic (exact) mass is 593 g/mol. The average molecular weight is 594 g/mol. The standard InChI is InChI=1S/C33H47N5O3S/c1-7-14-37(6)31(41)21(2)25-12-13-33(4)19-26-28(22(3)27(33)29(25)39)34-32(42-26)35-30(40)24-10-8-23(9-11-24)20-38-17-15-36(5)16-18-38/h7-11,21-22,25,27,29,39H,1,12-20H2,2-6H3,(H,34,35,40)/t21-,22-,25-,27+,29-,33+/m0/s1. The van der Waals surface area contributed by atoms with E-state index in [1.54, 1.807) is 29.4 Å². The van der Waals surface area contributed by atoms with Crippen molar-refractivity contribution in [2.45, 2.75) is 58.6 Å². The lowest BCUT2D eigenvalue weighted by Gasteiger charge is -2.53. The maximum absolute atomic E-state index is 13.2. The molecule has 0 radical (unpaired) electrons. The van der Waals surface area contributed by atoms with Crippen molar-refractivity contribution in [2.24, 2.45) is 23.2 Å². The van der Waals surface area contributed by atoms with Gasteiger partial charge in [0.2, 0.25) is 5.91 Å². The fraction of sp³-hybridized carbons (Fsp3) is 0.606. The summed E-state index contributed by atoms with van der Waals surface area (Å²) in [5, 5.41) is 15.4. The quantitative estimate of drug-likeness (QED) is 0.439. The van der Waals surface area contributed by atoms with Crippen LogP contribution in [0.3, 0.4) is 0 Å². The van der Waals surface area contributed by atoms with Crippen molar-refractivity contribution in [1.82, 2.24) is 19.7 Å². The summed E-state index contributed by atoms with van der Waals surface area (Å²) in [7, 11) is 3.95. The van der Waals surface area contributed by atoms with Crippen LogP contribution in [0, 0.1) is 23.2 Å². The van der Waals surface area contributed by atoms with E-state index in [1.807, 2.05) is 31.2 Å². The van der Waals surface area contributed by atoms with Crippen molar-refractivity contribution in [3.63, 3.8) is 0 Å². The molecule has 0 bridgehead atoms. The van der Waals surface area contributed by atoms with Gasteiger partial charge in [-0.3, -0.25) is 19.8 Å². The maximum atomic E-state index is 13.2. The van der Waals surface area contributed by atoms with Gasteiger partial charge >= 0.3 is 0 Å². The molecule has 0 unspecified atom stereocenters. The van der Waals surface area contributed by atoms with Gasteiger partial charge in [0.25, 0.3) is 5.91 Å². The molecule has 2 aromatic rings. The van der Waals surface area contributed by atoms with E-state index in [0.29, 0.717) is 17.2 Å². The van der Waals surface area contributed by atoms with Crippen LogP contribution in [0.5, 0.6) is 0 Å². The van der Waals surface area contributed by atoms with Crippen LogP contribution >= 0.6 is 11.3 Å². The van der Waals surface area contributed by atoms with Gasteiger partial charge in [-0.1, -0.05) is 39.0 Å². The van der Waals surface area contributed by atoms with E-state index >= 15 is 0 Å². The number of benzene rings is 1. The van der Waals surface area contributed by atoms with Crippen molar-refractivity contribution in [1.29, 1.82) is 0 Å². The van der Waals surface area contributed by atoms with E-state index in [1.165, 1.54) is 10.4 Å². The Morgan fingerprint density at radius 2 is 1.95 bits per heavy atom. The number of hydrogen-bond donors (Lipinski definition) is 2. The second-order valence-electron chi connectivity index (χ2n) is 13.2. The summed E-state index contributed by atoms with van der Waals surface area (Å²) in [5.74, 6) is -0.426. The maximum Gasteiger partial charge on any atom is 0.257 e. The summed E-state index contributed by atoms with van der Waals surface area (Å²) in [5.41, 5.74) is 2.73. The molecule has 6 atom stereocenters. The first-order valence-electron chi connectivity index (χ1n) is 15.4. The normalized spacial score (nSPS) is 28.8. The Bertz CT molecular complexity index is 1290. The molecule has 2 aliphatic carbocycles. The third-order valence-electron chi connectivity index (χ3n) is 10.2. The number of carbonyl (C=O) groups is 2. The summed E-state index contributed by atoms with van der Waals surface area (Å²) in [6, 6.07) is 7.90. The molecule has 2 fully saturated rings. The third-order valence-corrected chi connectivity index (χ3v) is 11.2. The summed E-state index contributed by atoms with van der Waals surface area (Å²) in [6.07, 6.45) is 3.73. The molecule has 1 saturated heterocycles. The molecule has 1 aliphatic heterocycles. The minimum absolute atomic E-state index is 0.00205. The lowest BCUT2D eigenvalue weighted by molar-refractivity contribution is -0.143. The predicted molar refractivity (Wildman–Crippen MR) is 169 cm³/mol. The molecule has 8 nitrogen and oxygen atoms in total. The number of aliphatic hydroxyl groups is 1. The van der Waals surface area contributed by atoms with E-state index < -0.39 is 6.10 Å². The number of nitrogens with zero attached hydrogens (tertiary/aromatic N) is 4. The first kappa shape index (κ1) is 30.9. The van der Waals surface area contributed by atoms with Crippen molar-refractivity contribution in [3.05, 3.63) is 58.6 Å². The van der Waals surface area contributed by atoms with Gasteiger partial charge in [0.1, 0.15) is 0 Å². The Labute approximate surface area is 254 Å². The number of aromatic nitrogens is 1. The SMILES string of the molecule is C=CCN(C)C(=O)[C@@H](C)[C@@H]1CC[C@]2(C)Cc3sc(NC(=O)c4ccc(CN5CCN(C)CC5)cc4)nc3[C@@H](C)[C@@H]2[C@H]1O. The number of amides is 2. The van der Waals surface area contributed by atoms with Crippen LogP contribution in [-0.4, -0.2) is 89.5 Å². The minimum atomic E-state index is -0.591. The fourth-order valence-electron chi connectivity index (χ4n) is 7.61. The number of hydrogen-bond acceptors (Lipinski definition) is 7. The van der Waals surface area contributed by atoms with Crippen LogP contribution in [0.2, 0.25) is 0 Å². The van der Waals surface area contributed by atoms with Crippen LogP contribution < -0.4 is 5.32 Å². The molecular formula is C33H47N5O3S. The number of rotatable bonds is 8. The summed E-state index contributed by atoms with van der Waals surface area (Å²) >= 11 is 1.56. The smallest absolute Gasteiger partial charge is 0.257 e. The Kier molecular flexibility index (Phi) is 9.23. The highest BCUT2D eigenvalue weighted by atomic mass is 32.1. The van der Waals surface area contributed by atoms with Crippen LogP contribution in [0.15, 0.2) is 36.9 Å². The molecule has 1 aromatic heterocycles. The van der Waals surface area contributed by atoms with Crippen molar-refractivity contribution in [3.8, 4) is 0 Å². The molecule has 2 N–H and O–H groups in total. The van der Waals surface area contributed by atoms with Crippen molar-refractivity contribution in [2.75, 3.05) is 52.1 Å². The van der Waals surface area contributed by atoms with Gasteiger partial charge in [0.05, 0.1) is 11.8 Å². The van der Waals surface area contributed by atoms with E-state index in [4.69, 9.17) is 4.98 Å². The summed E-state index contributed by atoms with van der Waals surface area (Å²) < 4.78 is 0. The summed E-state index contributed by atoms with van der Waals surface area (Å²) in [4.78, 5) is 38.8. The van der Waals surface area contributed by atoms with E-state index in [2.05, 4.69) is 42.6 Å². The van der Waals surface area contributed by atoms with Gasteiger partial charge in [0, 0.05) is 68.6 Å². The Balaban J connectivity index is 1.25. The number of aliphatic hydroxyl groups excluding tert-OH is 1. The van der Waals surface area contributed by atoms with Crippen molar-refractivity contribution >= 4 is 28.3 Å². The molecule has 228 valence electrons. The van der Waals surface area contributed by atoms with Crippen molar-refractivity contribution < 1.29 is 14.7 Å². The number of nitrogens with one attached hydrogen (secondary N) is 1. The Morgan fingerprint density at radius 3 is 2.62 bits per heavy atom. The highest BCUT2D eigenvalue weighted by molar-refractivity contribution is 7.15. The molecule has 3 aliphatic rings. The first-order valence-corrected chi connectivity index (χ1v) is 16.2. The van der Waals surface area contributed by atoms with Crippen LogP contribution in [-0.2, 0) is 17.8 Å². The molecule has 0 spiro atoms. The Hall–Kier alpha value is -2.59. The highest BCUT2D eigenvalue weighted by Gasteiger charge is 2.54. The fourth-order valence-corrected chi connectivity index (χ4v) is 8.87. The number of piperazine rings is 1. The minimum Gasteiger partial charge on any atom is -0.392 e. The molecule has 2 amide bonds. The number of carbonyl (C=O) groups excluding carboxylic acids is 2. The van der Waals surface area contributed by atoms with Crippen LogP contribution in [0.1, 0.15) is 66.0 Å². The van der Waals surface area contributed by atoms with Gasteiger partial charge in [-0.2, -0.15) is 0 Å². The van der Waals surface area contributed by atoms with E-state index in [0.717, 1.165) is 57.7 Å². The predicted octanol–water partition coefficient (Wildman–Crippen LogP) is 4.48. The average Bonchev–Trinajstić information content (AvgIpc) is 3.35. The second kappa shape index (κ2) is 12.6. The van der Waals surface area contributed by atoms with Gasteiger partial charge in [-0.15, -0.1) is 17.9 Å². The lowest BCUT2D eigenvalue weighted by Crippen LogP contribution is -2.53. The molecule has 1 saturated carbocycles. The number of anilines is 1. The van der Waals surface area contributed by atoms with Gasteiger partial charge < -0.3 is 14.9 Å². The largest absolute Gasteiger partial charge is 0.392 e. The molecule has 1 aromatic carbocycles. The number of thiazole rings is 1. The zero-order valence-corrected chi connectivity index (χ0v) is 26.6. The lowest BCUT2D eigenvalue weighted by atomic mass is 9.53. The van der Waals surface area contributed by atoms with Gasteiger partial charge in [-0.25, -0.2) is 4.98 Å². The third kappa shape index (κ3) is 6.20. The Morgan fingerprint density at radius 1 is 1.26 bits per heavy atom. The molecule has 9 heteroatoms. The van der Waals surface area contributed by atoms with Crippen LogP contribution in [0.25, 0.3) is 0 Å². The molecule has 5 rings (SSSR count). The molecule has 2 heterocycles. The van der Waals surface area contributed by atoms with Gasteiger partial charge in [0.15, 0.2) is 5.13 Å². The summed E-state index contributed by atoms with van der Waals surface area (Å²) in [6.45, 7) is 15.8. The zero-order chi connectivity index (χ0) is 30.2. The first-order chi connectivity index (χ1) is 20.0. The topological polar surface area (TPSA) is 89.0 Å². The van der Waals surface area contributed by atoms with Gasteiger partial charge in [-0.05, 0) is 61.3 Å². The number of fused-ring (bicyclic) bond motifs is 2. The molecular weight excluding hydrogens is 546 g/mol. The second-order valence-corrected chi connectivity index (χ2v) is 14.3. The van der Waals surface area contributed by atoms with Crippen LogP contribution in [0.4, 0.5) is 5.13 Å². The zero-order valence-electron chi connectivity index (χ0n) is 25.8. The number of likely N-dealkylation sites (N-methyl/N-ethyl adjacent to an activating group) is 2. The highest BCUT2D eigenvalue weighted by Crippen LogP contribution is 2.57.